The van der Waals surface area contributed by atoms with E-state index >= 15 is 0 Å². The van der Waals surface area contributed by atoms with Crippen LogP contribution in [0.1, 0.15) is 12.0 Å². The van der Waals surface area contributed by atoms with Crippen LogP contribution in [0.4, 0.5) is 0 Å². The highest BCUT2D eigenvalue weighted by molar-refractivity contribution is 5.90. The Balaban J connectivity index is 1.72. The second kappa shape index (κ2) is 6.27. The van der Waals surface area contributed by atoms with Crippen molar-refractivity contribution in [2.75, 3.05) is 26.7 Å². The van der Waals surface area contributed by atoms with Gasteiger partial charge in [-0.05, 0) is 42.3 Å². The lowest BCUT2D eigenvalue weighted by molar-refractivity contribution is -0.129. The van der Waals surface area contributed by atoms with Gasteiger partial charge in [-0.1, -0.05) is 42.5 Å². The summed E-state index contributed by atoms with van der Waals surface area (Å²) in [6.45, 7) is 2.79. The fourth-order valence-electron chi connectivity index (χ4n) is 3.24. The van der Waals surface area contributed by atoms with E-state index in [-0.39, 0.29) is 5.91 Å². The standard InChI is InChI=1S/C18H22N2O/c1-19-12-14-9-10-20(13-14)18(21)11-16-7-4-6-15-5-2-3-8-17(15)16/h2-8,14,19H,9-13H2,1H3. The molecule has 3 heteroatoms. The topological polar surface area (TPSA) is 32.3 Å². The zero-order valence-corrected chi connectivity index (χ0v) is 12.5. The zero-order valence-electron chi connectivity index (χ0n) is 12.5. The molecule has 0 spiro atoms. The molecule has 1 heterocycles. The number of nitrogens with zero attached hydrogens (tertiary/aromatic N) is 1. The Morgan fingerprint density at radius 3 is 2.90 bits per heavy atom. The van der Waals surface area contributed by atoms with Crippen molar-refractivity contribution < 1.29 is 4.79 Å². The van der Waals surface area contributed by atoms with Crippen LogP contribution < -0.4 is 5.32 Å². The van der Waals surface area contributed by atoms with Crippen molar-refractivity contribution in [1.82, 2.24) is 10.2 Å². The first-order chi connectivity index (χ1) is 10.3. The maximum absolute atomic E-state index is 12.5. The molecule has 0 saturated carbocycles. The summed E-state index contributed by atoms with van der Waals surface area (Å²) in [5.74, 6) is 0.858. The zero-order chi connectivity index (χ0) is 14.7. The molecule has 0 bridgehead atoms. The molecule has 1 fully saturated rings. The molecule has 1 saturated heterocycles. The molecule has 1 N–H and O–H groups in total. The van der Waals surface area contributed by atoms with Crippen LogP contribution in [-0.2, 0) is 11.2 Å². The number of amides is 1. The van der Waals surface area contributed by atoms with E-state index in [1.165, 1.54) is 10.8 Å². The molecule has 21 heavy (non-hydrogen) atoms. The van der Waals surface area contributed by atoms with Crippen LogP contribution in [0.3, 0.4) is 0 Å². The van der Waals surface area contributed by atoms with Gasteiger partial charge in [-0.2, -0.15) is 0 Å². The highest BCUT2D eigenvalue weighted by Crippen LogP contribution is 2.21. The number of hydrogen-bond donors (Lipinski definition) is 1. The summed E-state index contributed by atoms with van der Waals surface area (Å²) in [6.07, 6.45) is 1.62. The number of carbonyl (C=O) groups is 1. The molecule has 3 rings (SSSR count). The predicted molar refractivity (Wildman–Crippen MR) is 86.3 cm³/mol. The van der Waals surface area contributed by atoms with Gasteiger partial charge in [0.1, 0.15) is 0 Å². The van der Waals surface area contributed by atoms with Gasteiger partial charge >= 0.3 is 0 Å². The summed E-state index contributed by atoms with van der Waals surface area (Å²) in [4.78, 5) is 14.5. The Bertz CT molecular complexity index is 633. The molecule has 2 aromatic carbocycles. The second-order valence-electron chi connectivity index (χ2n) is 5.87. The molecule has 1 unspecified atom stereocenters. The number of fused-ring (bicyclic) bond motifs is 1. The van der Waals surface area contributed by atoms with E-state index in [0.29, 0.717) is 12.3 Å². The summed E-state index contributed by atoms with van der Waals surface area (Å²) >= 11 is 0. The minimum Gasteiger partial charge on any atom is -0.342 e. The van der Waals surface area contributed by atoms with Crippen molar-refractivity contribution in [2.45, 2.75) is 12.8 Å². The fourth-order valence-corrected chi connectivity index (χ4v) is 3.24. The van der Waals surface area contributed by atoms with Crippen LogP contribution in [0.5, 0.6) is 0 Å². The van der Waals surface area contributed by atoms with Crippen LogP contribution in [0.25, 0.3) is 10.8 Å². The van der Waals surface area contributed by atoms with Crippen molar-refractivity contribution in [1.29, 1.82) is 0 Å². The molecular formula is C18H22N2O. The Hall–Kier alpha value is -1.87. The van der Waals surface area contributed by atoms with E-state index in [2.05, 4.69) is 29.6 Å². The van der Waals surface area contributed by atoms with E-state index in [9.17, 15) is 4.79 Å². The largest absolute Gasteiger partial charge is 0.342 e. The molecule has 1 amide bonds. The fraction of sp³-hybridized carbons (Fsp3) is 0.389. The van der Waals surface area contributed by atoms with Gasteiger partial charge in [0.2, 0.25) is 5.91 Å². The molecule has 1 aliphatic heterocycles. The second-order valence-corrected chi connectivity index (χ2v) is 5.87. The quantitative estimate of drug-likeness (QED) is 0.934. The van der Waals surface area contributed by atoms with Crippen LogP contribution in [0.2, 0.25) is 0 Å². The van der Waals surface area contributed by atoms with E-state index < -0.39 is 0 Å². The normalized spacial score (nSPS) is 18.3. The third-order valence-electron chi connectivity index (χ3n) is 4.35. The molecule has 0 radical (unpaired) electrons. The van der Waals surface area contributed by atoms with Crippen LogP contribution in [0.15, 0.2) is 42.5 Å². The van der Waals surface area contributed by atoms with Gasteiger partial charge in [0, 0.05) is 13.1 Å². The van der Waals surface area contributed by atoms with Crippen LogP contribution in [-0.4, -0.2) is 37.5 Å². The van der Waals surface area contributed by atoms with E-state index in [4.69, 9.17) is 0 Å². The van der Waals surface area contributed by atoms with E-state index in [0.717, 1.165) is 31.6 Å². The van der Waals surface area contributed by atoms with Crippen molar-refractivity contribution >= 4 is 16.7 Å². The van der Waals surface area contributed by atoms with E-state index in [1.807, 2.05) is 30.1 Å². The number of likely N-dealkylation sites (tertiary alicyclic amines) is 1. The molecule has 1 atom stereocenters. The maximum Gasteiger partial charge on any atom is 0.227 e. The lowest BCUT2D eigenvalue weighted by atomic mass is 10.0. The average molecular weight is 282 g/mol. The number of benzene rings is 2. The number of hydrogen-bond acceptors (Lipinski definition) is 2. The molecule has 110 valence electrons. The summed E-state index contributed by atoms with van der Waals surface area (Å²) in [5, 5.41) is 5.60. The Labute approximate surface area is 125 Å². The SMILES string of the molecule is CNCC1CCN(C(=O)Cc2cccc3ccccc23)C1. The molecule has 3 nitrogen and oxygen atoms in total. The van der Waals surface area contributed by atoms with Gasteiger partial charge in [-0.25, -0.2) is 0 Å². The summed E-state index contributed by atoms with van der Waals surface area (Å²) in [6, 6.07) is 14.5. The lowest BCUT2D eigenvalue weighted by Gasteiger charge is -2.17. The van der Waals surface area contributed by atoms with Gasteiger partial charge in [0.25, 0.3) is 0 Å². The Morgan fingerprint density at radius 1 is 1.24 bits per heavy atom. The minimum atomic E-state index is 0.255. The average Bonchev–Trinajstić information content (AvgIpc) is 2.97. The highest BCUT2D eigenvalue weighted by Gasteiger charge is 2.25. The van der Waals surface area contributed by atoms with Crippen LogP contribution in [0, 0.1) is 5.92 Å². The first-order valence-electron chi connectivity index (χ1n) is 7.67. The molecule has 0 aromatic heterocycles. The van der Waals surface area contributed by atoms with Crippen molar-refractivity contribution in [3.63, 3.8) is 0 Å². The van der Waals surface area contributed by atoms with Gasteiger partial charge in [-0.3, -0.25) is 4.79 Å². The van der Waals surface area contributed by atoms with E-state index in [1.54, 1.807) is 0 Å². The van der Waals surface area contributed by atoms with Gasteiger partial charge < -0.3 is 10.2 Å². The Kier molecular flexibility index (Phi) is 4.20. The third-order valence-corrected chi connectivity index (χ3v) is 4.35. The summed E-state index contributed by atoms with van der Waals surface area (Å²) in [5.41, 5.74) is 1.13. The number of rotatable bonds is 4. The lowest BCUT2D eigenvalue weighted by Crippen LogP contribution is -2.31. The number of nitrogens with one attached hydrogen (secondary N) is 1. The molecule has 2 aromatic rings. The smallest absolute Gasteiger partial charge is 0.227 e. The van der Waals surface area contributed by atoms with Crippen molar-refractivity contribution in [3.05, 3.63) is 48.0 Å². The highest BCUT2D eigenvalue weighted by atomic mass is 16.2. The first-order valence-corrected chi connectivity index (χ1v) is 7.67. The maximum atomic E-state index is 12.5. The number of carbonyl (C=O) groups excluding carboxylic acids is 1. The monoisotopic (exact) mass is 282 g/mol. The first kappa shape index (κ1) is 14.1. The van der Waals surface area contributed by atoms with Crippen molar-refractivity contribution in [2.24, 2.45) is 5.92 Å². The van der Waals surface area contributed by atoms with Gasteiger partial charge in [-0.15, -0.1) is 0 Å². The van der Waals surface area contributed by atoms with Crippen LogP contribution >= 0.6 is 0 Å². The van der Waals surface area contributed by atoms with Crippen molar-refractivity contribution in [3.8, 4) is 0 Å². The molecule has 0 aliphatic carbocycles. The molecule has 1 aliphatic rings. The third kappa shape index (κ3) is 3.08. The van der Waals surface area contributed by atoms with Gasteiger partial charge in [0.15, 0.2) is 0 Å². The minimum absolute atomic E-state index is 0.255. The summed E-state index contributed by atoms with van der Waals surface area (Å²) < 4.78 is 0. The Morgan fingerprint density at radius 2 is 2.05 bits per heavy atom. The molecular weight excluding hydrogens is 260 g/mol. The predicted octanol–water partition coefficient (Wildman–Crippen LogP) is 2.45. The summed E-state index contributed by atoms with van der Waals surface area (Å²) in [7, 11) is 1.97. The van der Waals surface area contributed by atoms with Gasteiger partial charge in [0.05, 0.1) is 6.42 Å².